The summed E-state index contributed by atoms with van der Waals surface area (Å²) < 4.78 is 16.4. The maximum absolute atomic E-state index is 12.6. The van der Waals surface area contributed by atoms with Crippen molar-refractivity contribution in [3.8, 4) is 11.3 Å². The van der Waals surface area contributed by atoms with E-state index in [4.69, 9.17) is 13.7 Å². The molecule has 1 aliphatic rings. The van der Waals surface area contributed by atoms with E-state index in [-0.39, 0.29) is 17.6 Å². The Balaban J connectivity index is 1.43. The van der Waals surface area contributed by atoms with Gasteiger partial charge in [-0.2, -0.15) is 0 Å². The normalized spacial score (nSPS) is 16.0. The van der Waals surface area contributed by atoms with Gasteiger partial charge >= 0.3 is 0 Å². The molecule has 0 aliphatic carbocycles. The van der Waals surface area contributed by atoms with Gasteiger partial charge in [0.05, 0.1) is 25.5 Å². The Morgan fingerprint density at radius 1 is 1.21 bits per heavy atom. The minimum atomic E-state index is -0.271. The number of carbonyl (C=O) groups excluding carboxylic acids is 1. The van der Waals surface area contributed by atoms with E-state index in [9.17, 15) is 4.79 Å². The van der Waals surface area contributed by atoms with Crippen molar-refractivity contribution in [3.63, 3.8) is 0 Å². The number of carbonyl (C=O) groups is 1. The monoisotopic (exact) mass is 381 g/mol. The summed E-state index contributed by atoms with van der Waals surface area (Å²) in [7, 11) is 0. The molecule has 1 aliphatic heterocycles. The van der Waals surface area contributed by atoms with Crippen molar-refractivity contribution < 1.29 is 18.5 Å². The van der Waals surface area contributed by atoms with E-state index in [1.165, 1.54) is 0 Å². The summed E-state index contributed by atoms with van der Waals surface area (Å²) >= 11 is 0. The molecule has 7 nitrogen and oxygen atoms in total. The topological polar surface area (TPSA) is 80.7 Å². The van der Waals surface area contributed by atoms with Crippen LogP contribution in [0.5, 0.6) is 0 Å². The first-order valence-corrected chi connectivity index (χ1v) is 9.38. The predicted octanol–water partition coefficient (Wildman–Crippen LogP) is 3.05. The molecule has 146 valence electrons. The summed E-state index contributed by atoms with van der Waals surface area (Å²) in [5, 5.41) is 6.88. The molecule has 3 heterocycles. The number of nitrogens with one attached hydrogen (secondary N) is 1. The third-order valence-corrected chi connectivity index (χ3v) is 4.89. The van der Waals surface area contributed by atoms with E-state index >= 15 is 0 Å². The molecule has 4 rings (SSSR count). The van der Waals surface area contributed by atoms with Gasteiger partial charge in [0.15, 0.2) is 11.5 Å². The van der Waals surface area contributed by atoms with E-state index < -0.39 is 0 Å². The third kappa shape index (κ3) is 4.16. The number of rotatable bonds is 6. The van der Waals surface area contributed by atoms with Gasteiger partial charge < -0.3 is 19.0 Å². The number of hydrogen-bond donors (Lipinski definition) is 1. The molecule has 0 saturated carbocycles. The van der Waals surface area contributed by atoms with E-state index in [1.807, 2.05) is 43.3 Å². The average Bonchev–Trinajstić information content (AvgIpc) is 3.42. The first-order chi connectivity index (χ1) is 13.7. The standard InChI is InChI=1S/C21H23N3O4/c1-15-4-6-16(7-5-15)20-13-17(23-28-20)21(25)22-14-18(19-3-2-10-27-19)24-8-11-26-12-9-24/h2-7,10,13,18H,8-9,11-12,14H2,1H3,(H,22,25)/t18-/m1/s1. The van der Waals surface area contributed by atoms with Crippen molar-refractivity contribution in [1.82, 2.24) is 15.4 Å². The molecular formula is C21H23N3O4. The minimum Gasteiger partial charge on any atom is -0.468 e. The summed E-state index contributed by atoms with van der Waals surface area (Å²) in [6.07, 6.45) is 1.65. The lowest BCUT2D eigenvalue weighted by Gasteiger charge is -2.33. The van der Waals surface area contributed by atoms with Crippen LogP contribution in [0.4, 0.5) is 0 Å². The van der Waals surface area contributed by atoms with E-state index in [0.717, 1.165) is 30.0 Å². The Labute approximate surface area is 163 Å². The fourth-order valence-electron chi connectivity index (χ4n) is 3.30. The predicted molar refractivity (Wildman–Crippen MR) is 103 cm³/mol. The number of amides is 1. The van der Waals surface area contributed by atoms with Gasteiger partial charge in [-0.1, -0.05) is 35.0 Å². The van der Waals surface area contributed by atoms with Crippen LogP contribution in [0.15, 0.2) is 57.7 Å². The van der Waals surface area contributed by atoms with E-state index in [0.29, 0.717) is 25.5 Å². The number of ether oxygens (including phenoxy) is 1. The number of hydrogen-bond acceptors (Lipinski definition) is 6. The fourth-order valence-corrected chi connectivity index (χ4v) is 3.30. The van der Waals surface area contributed by atoms with Crippen molar-refractivity contribution in [2.24, 2.45) is 0 Å². The number of morpholine rings is 1. The average molecular weight is 381 g/mol. The first-order valence-electron chi connectivity index (χ1n) is 9.38. The molecule has 1 N–H and O–H groups in total. The van der Waals surface area contributed by atoms with Crippen molar-refractivity contribution in [2.75, 3.05) is 32.8 Å². The third-order valence-electron chi connectivity index (χ3n) is 4.89. The SMILES string of the molecule is Cc1ccc(-c2cc(C(=O)NC[C@H](c3ccco3)N3CCOCC3)no2)cc1. The van der Waals surface area contributed by atoms with E-state index in [2.05, 4.69) is 15.4 Å². The Morgan fingerprint density at radius 3 is 2.71 bits per heavy atom. The summed E-state index contributed by atoms with van der Waals surface area (Å²) in [6, 6.07) is 13.3. The molecule has 1 atom stereocenters. The van der Waals surface area contributed by atoms with Crippen LogP contribution >= 0.6 is 0 Å². The first kappa shape index (κ1) is 18.5. The summed E-state index contributed by atoms with van der Waals surface area (Å²) in [4.78, 5) is 14.8. The highest BCUT2D eigenvalue weighted by Crippen LogP contribution is 2.23. The maximum Gasteiger partial charge on any atom is 0.273 e. The molecule has 1 amide bonds. The number of furan rings is 1. The summed E-state index contributed by atoms with van der Waals surface area (Å²) in [6.45, 7) is 5.38. The zero-order valence-electron chi connectivity index (χ0n) is 15.8. The van der Waals surface area contributed by atoms with Crippen LogP contribution in [0.1, 0.15) is 27.9 Å². The second-order valence-electron chi connectivity index (χ2n) is 6.83. The molecule has 0 unspecified atom stereocenters. The van der Waals surface area contributed by atoms with Crippen molar-refractivity contribution in [1.29, 1.82) is 0 Å². The lowest BCUT2D eigenvalue weighted by Crippen LogP contribution is -2.43. The molecule has 0 bridgehead atoms. The molecule has 0 radical (unpaired) electrons. The lowest BCUT2D eigenvalue weighted by atomic mass is 10.1. The van der Waals surface area contributed by atoms with Crippen molar-refractivity contribution in [2.45, 2.75) is 13.0 Å². The zero-order valence-corrected chi connectivity index (χ0v) is 15.8. The molecule has 28 heavy (non-hydrogen) atoms. The van der Waals surface area contributed by atoms with Crippen LogP contribution in [0.3, 0.4) is 0 Å². The van der Waals surface area contributed by atoms with Gasteiger partial charge in [-0.15, -0.1) is 0 Å². The van der Waals surface area contributed by atoms with Crippen LogP contribution in [-0.4, -0.2) is 48.8 Å². The highest BCUT2D eigenvalue weighted by Gasteiger charge is 2.26. The van der Waals surface area contributed by atoms with Crippen LogP contribution < -0.4 is 5.32 Å². The van der Waals surface area contributed by atoms with Crippen LogP contribution in [0.2, 0.25) is 0 Å². The molecule has 3 aromatic rings. The Hall–Kier alpha value is -2.90. The summed E-state index contributed by atoms with van der Waals surface area (Å²) in [5.74, 6) is 1.12. The highest BCUT2D eigenvalue weighted by molar-refractivity contribution is 5.93. The maximum atomic E-state index is 12.6. The highest BCUT2D eigenvalue weighted by atomic mass is 16.5. The Bertz CT molecular complexity index is 896. The van der Waals surface area contributed by atoms with Crippen molar-refractivity contribution >= 4 is 5.91 Å². The minimum absolute atomic E-state index is 0.0497. The molecule has 0 spiro atoms. The molecule has 1 saturated heterocycles. The smallest absolute Gasteiger partial charge is 0.273 e. The zero-order chi connectivity index (χ0) is 19.3. The molecule has 1 aromatic carbocycles. The van der Waals surface area contributed by atoms with Gasteiger partial charge in [0.1, 0.15) is 5.76 Å². The van der Waals surface area contributed by atoms with Crippen molar-refractivity contribution in [3.05, 3.63) is 65.7 Å². The lowest BCUT2D eigenvalue weighted by molar-refractivity contribution is 0.0118. The number of nitrogens with zero attached hydrogens (tertiary/aromatic N) is 2. The van der Waals surface area contributed by atoms with Gasteiger partial charge in [0.2, 0.25) is 0 Å². The second-order valence-corrected chi connectivity index (χ2v) is 6.83. The van der Waals surface area contributed by atoms with Gasteiger partial charge in [0.25, 0.3) is 5.91 Å². The van der Waals surface area contributed by atoms with Gasteiger partial charge in [-0.25, -0.2) is 0 Å². The van der Waals surface area contributed by atoms with Crippen LogP contribution in [0, 0.1) is 6.92 Å². The molecular weight excluding hydrogens is 358 g/mol. The fraction of sp³-hybridized carbons (Fsp3) is 0.333. The Kier molecular flexibility index (Phi) is 5.55. The largest absolute Gasteiger partial charge is 0.468 e. The van der Waals surface area contributed by atoms with E-state index in [1.54, 1.807) is 12.3 Å². The molecule has 1 fully saturated rings. The summed E-state index contributed by atoms with van der Waals surface area (Å²) in [5.41, 5.74) is 2.31. The number of aryl methyl sites for hydroxylation is 1. The van der Waals surface area contributed by atoms with Gasteiger partial charge in [-0.05, 0) is 19.1 Å². The van der Waals surface area contributed by atoms with Gasteiger partial charge in [-0.3, -0.25) is 9.69 Å². The molecule has 2 aromatic heterocycles. The van der Waals surface area contributed by atoms with Crippen LogP contribution in [0.25, 0.3) is 11.3 Å². The molecule has 7 heteroatoms. The second kappa shape index (κ2) is 8.41. The van der Waals surface area contributed by atoms with Crippen LogP contribution in [-0.2, 0) is 4.74 Å². The quantitative estimate of drug-likeness (QED) is 0.707. The Morgan fingerprint density at radius 2 is 2.00 bits per heavy atom. The van der Waals surface area contributed by atoms with Gasteiger partial charge in [0, 0.05) is 31.3 Å². The number of benzene rings is 1. The number of aromatic nitrogens is 1.